The van der Waals surface area contributed by atoms with Crippen molar-refractivity contribution in [1.82, 2.24) is 9.97 Å². The number of hydrogen-bond acceptors (Lipinski definition) is 6. The molecule has 1 N–H and O–H groups in total. The van der Waals surface area contributed by atoms with Crippen molar-refractivity contribution in [1.29, 1.82) is 0 Å². The number of pyridine rings is 1. The van der Waals surface area contributed by atoms with Gasteiger partial charge >= 0.3 is 5.97 Å². The number of benzene rings is 3. The van der Waals surface area contributed by atoms with E-state index in [1.165, 1.54) is 11.3 Å². The third-order valence-electron chi connectivity index (χ3n) is 5.24. The van der Waals surface area contributed by atoms with Gasteiger partial charge in [-0.25, -0.2) is 14.8 Å². The molecule has 0 saturated carbocycles. The molecule has 0 atom stereocenters. The zero-order valence-electron chi connectivity index (χ0n) is 18.3. The van der Waals surface area contributed by atoms with Crippen LogP contribution in [-0.4, -0.2) is 28.5 Å². The maximum atomic E-state index is 13.0. The second kappa shape index (κ2) is 10.0. The Morgan fingerprint density at radius 1 is 0.886 bits per heavy atom. The summed E-state index contributed by atoms with van der Waals surface area (Å²) in [5.41, 5.74) is 3.89. The Labute approximate surface area is 210 Å². The van der Waals surface area contributed by atoms with Gasteiger partial charge < -0.3 is 4.74 Å². The number of halogens is 1. The van der Waals surface area contributed by atoms with Crippen LogP contribution in [-0.2, 0) is 9.53 Å². The molecule has 0 spiro atoms. The van der Waals surface area contributed by atoms with Gasteiger partial charge in [0, 0.05) is 26.9 Å². The van der Waals surface area contributed by atoms with Crippen LogP contribution >= 0.6 is 22.9 Å². The SMILES string of the molecule is O=C(COC(=O)c1cc(-c2ccccc2Cl)nc2ccccc12)Nc1nc(-c2ccccc2)cs1. The van der Waals surface area contributed by atoms with E-state index in [4.69, 9.17) is 16.3 Å². The molecule has 0 saturated heterocycles. The summed E-state index contributed by atoms with van der Waals surface area (Å²) in [5, 5.41) is 6.12. The molecular weight excluding hydrogens is 482 g/mol. The Balaban J connectivity index is 1.32. The number of aromatic nitrogens is 2. The Hall–Kier alpha value is -4.07. The molecule has 2 heterocycles. The van der Waals surface area contributed by atoms with Crippen LogP contribution in [0.25, 0.3) is 33.4 Å². The average Bonchev–Trinajstić information content (AvgIpc) is 3.36. The number of esters is 1. The molecule has 0 radical (unpaired) electrons. The largest absolute Gasteiger partial charge is 0.452 e. The molecule has 5 rings (SSSR count). The summed E-state index contributed by atoms with van der Waals surface area (Å²) in [6, 6.07) is 25.8. The molecule has 0 aliphatic carbocycles. The van der Waals surface area contributed by atoms with E-state index in [1.807, 2.05) is 72.1 Å². The van der Waals surface area contributed by atoms with Crippen molar-refractivity contribution in [3.8, 4) is 22.5 Å². The minimum atomic E-state index is -0.629. The van der Waals surface area contributed by atoms with Crippen molar-refractivity contribution in [2.75, 3.05) is 11.9 Å². The number of ether oxygens (including phenoxy) is 1. The van der Waals surface area contributed by atoms with Crippen LogP contribution in [0.1, 0.15) is 10.4 Å². The number of carbonyl (C=O) groups is 2. The summed E-state index contributed by atoms with van der Waals surface area (Å²) in [6.07, 6.45) is 0. The fourth-order valence-electron chi connectivity index (χ4n) is 3.59. The van der Waals surface area contributed by atoms with Crippen LogP contribution in [0.2, 0.25) is 5.02 Å². The third kappa shape index (κ3) is 5.06. The molecule has 0 fully saturated rings. The lowest BCUT2D eigenvalue weighted by Crippen LogP contribution is -2.21. The number of hydrogen-bond donors (Lipinski definition) is 1. The fraction of sp³-hybridized carbons (Fsp3) is 0.0370. The first-order valence-corrected chi connectivity index (χ1v) is 12.0. The predicted octanol–water partition coefficient (Wildman–Crippen LogP) is 6.47. The van der Waals surface area contributed by atoms with Crippen molar-refractivity contribution in [3.63, 3.8) is 0 Å². The monoisotopic (exact) mass is 499 g/mol. The van der Waals surface area contributed by atoms with Gasteiger partial charge in [0.15, 0.2) is 11.7 Å². The number of amides is 1. The number of nitrogens with one attached hydrogen (secondary N) is 1. The highest BCUT2D eigenvalue weighted by molar-refractivity contribution is 7.14. The zero-order valence-corrected chi connectivity index (χ0v) is 19.8. The standard InChI is InChI=1S/C27H18ClN3O3S/c28-21-12-6-4-11-19(21)23-14-20(18-10-5-7-13-22(18)29-23)26(33)34-15-25(32)31-27-30-24(16-35-27)17-8-2-1-3-9-17/h1-14,16H,15H2,(H,30,31,32). The lowest BCUT2D eigenvalue weighted by Gasteiger charge is -2.11. The fourth-order valence-corrected chi connectivity index (χ4v) is 4.56. The Morgan fingerprint density at radius 2 is 1.63 bits per heavy atom. The van der Waals surface area contributed by atoms with Gasteiger partial charge in [-0.15, -0.1) is 11.3 Å². The van der Waals surface area contributed by atoms with Crippen LogP contribution in [0.5, 0.6) is 0 Å². The van der Waals surface area contributed by atoms with Crippen LogP contribution in [0, 0.1) is 0 Å². The summed E-state index contributed by atoms with van der Waals surface area (Å²) in [4.78, 5) is 34.5. The van der Waals surface area contributed by atoms with E-state index in [0.717, 1.165) is 11.3 Å². The van der Waals surface area contributed by atoms with Crippen molar-refractivity contribution < 1.29 is 14.3 Å². The third-order valence-corrected chi connectivity index (χ3v) is 6.33. The summed E-state index contributed by atoms with van der Waals surface area (Å²) < 4.78 is 5.35. The van der Waals surface area contributed by atoms with Crippen LogP contribution in [0.4, 0.5) is 5.13 Å². The van der Waals surface area contributed by atoms with E-state index in [9.17, 15) is 9.59 Å². The van der Waals surface area contributed by atoms with Crippen molar-refractivity contribution in [2.24, 2.45) is 0 Å². The quantitative estimate of drug-likeness (QED) is 0.271. The highest BCUT2D eigenvalue weighted by Gasteiger charge is 2.18. The highest BCUT2D eigenvalue weighted by Crippen LogP contribution is 2.30. The number of carbonyl (C=O) groups excluding carboxylic acids is 2. The number of thiazole rings is 1. The molecule has 1 amide bonds. The molecule has 0 aliphatic rings. The van der Waals surface area contributed by atoms with E-state index in [-0.39, 0.29) is 0 Å². The normalized spacial score (nSPS) is 10.8. The van der Waals surface area contributed by atoms with Gasteiger partial charge in [0.2, 0.25) is 0 Å². The van der Waals surface area contributed by atoms with Crippen LogP contribution in [0.3, 0.4) is 0 Å². The number of para-hydroxylation sites is 1. The van der Waals surface area contributed by atoms with Gasteiger partial charge in [-0.1, -0.05) is 78.3 Å². The first-order chi connectivity index (χ1) is 17.1. The molecule has 2 aromatic heterocycles. The predicted molar refractivity (Wildman–Crippen MR) is 139 cm³/mol. The van der Waals surface area contributed by atoms with Crippen molar-refractivity contribution in [3.05, 3.63) is 101 Å². The van der Waals surface area contributed by atoms with Gasteiger partial charge in [0.1, 0.15) is 0 Å². The molecular formula is C27H18ClN3O3S. The van der Waals surface area contributed by atoms with E-state index < -0.39 is 18.5 Å². The van der Waals surface area contributed by atoms with Crippen LogP contribution in [0.15, 0.2) is 90.3 Å². The molecule has 6 nitrogen and oxygen atoms in total. The summed E-state index contributed by atoms with van der Waals surface area (Å²) in [5.74, 6) is -1.10. The lowest BCUT2D eigenvalue weighted by molar-refractivity contribution is -0.119. The molecule has 0 aliphatic heterocycles. The molecule has 0 bridgehead atoms. The van der Waals surface area contributed by atoms with Gasteiger partial charge in [-0.2, -0.15) is 0 Å². The van der Waals surface area contributed by atoms with Gasteiger partial charge in [-0.05, 0) is 18.2 Å². The Morgan fingerprint density at radius 3 is 2.46 bits per heavy atom. The first-order valence-electron chi connectivity index (χ1n) is 10.7. The van der Waals surface area contributed by atoms with Gasteiger partial charge in [0.05, 0.1) is 22.5 Å². The first kappa shape index (κ1) is 22.7. The summed E-state index contributed by atoms with van der Waals surface area (Å²) in [7, 11) is 0. The number of fused-ring (bicyclic) bond motifs is 1. The second-order valence-corrected chi connectivity index (χ2v) is 8.85. The van der Waals surface area contributed by atoms with Gasteiger partial charge in [-0.3, -0.25) is 10.1 Å². The second-order valence-electron chi connectivity index (χ2n) is 7.58. The van der Waals surface area contributed by atoms with Gasteiger partial charge in [0.25, 0.3) is 5.91 Å². The maximum absolute atomic E-state index is 13.0. The van der Waals surface area contributed by atoms with E-state index >= 15 is 0 Å². The van der Waals surface area contributed by atoms with Crippen molar-refractivity contribution in [2.45, 2.75) is 0 Å². The molecule has 0 unspecified atom stereocenters. The van der Waals surface area contributed by atoms with E-state index in [0.29, 0.717) is 37.9 Å². The molecule has 172 valence electrons. The number of nitrogens with zero attached hydrogens (tertiary/aromatic N) is 2. The molecule has 5 aromatic rings. The summed E-state index contributed by atoms with van der Waals surface area (Å²) >= 11 is 7.65. The molecule has 8 heteroatoms. The van der Waals surface area contributed by atoms with Crippen molar-refractivity contribution >= 4 is 50.8 Å². The molecule has 35 heavy (non-hydrogen) atoms. The minimum absolute atomic E-state index is 0.305. The van der Waals surface area contributed by atoms with E-state index in [2.05, 4.69) is 15.3 Å². The Bertz CT molecular complexity index is 1540. The highest BCUT2D eigenvalue weighted by atomic mass is 35.5. The lowest BCUT2D eigenvalue weighted by atomic mass is 10.0. The number of anilines is 1. The maximum Gasteiger partial charge on any atom is 0.339 e. The number of rotatable bonds is 6. The molecule has 3 aromatic carbocycles. The summed E-state index contributed by atoms with van der Waals surface area (Å²) in [6.45, 7) is -0.447. The average molecular weight is 500 g/mol. The smallest absolute Gasteiger partial charge is 0.339 e. The minimum Gasteiger partial charge on any atom is -0.452 e. The van der Waals surface area contributed by atoms with Crippen LogP contribution < -0.4 is 5.32 Å². The van der Waals surface area contributed by atoms with E-state index in [1.54, 1.807) is 18.2 Å². The topological polar surface area (TPSA) is 81.2 Å². The Kier molecular flexibility index (Phi) is 6.52. The zero-order chi connectivity index (χ0) is 24.2.